The summed E-state index contributed by atoms with van der Waals surface area (Å²) in [5.74, 6) is -0.931. The molecule has 0 saturated carbocycles. The van der Waals surface area contributed by atoms with Crippen LogP contribution >= 0.6 is 18.2 Å². The highest BCUT2D eigenvalue weighted by molar-refractivity contribution is 8.08. The minimum absolute atomic E-state index is 0.228. The van der Waals surface area contributed by atoms with Gasteiger partial charge in [-0.05, 0) is 18.7 Å². The standard InChI is InChI=1S/C8H17ClF2NO2PS/c1-4-12(5-2)15(16,13-6-3)14-8(10,11)7-9/h4-7H2,1-3H3. The third-order valence-corrected chi connectivity index (χ3v) is 5.66. The number of hydrogen-bond donors (Lipinski definition) is 0. The average molecular weight is 296 g/mol. The monoisotopic (exact) mass is 295 g/mol. The van der Waals surface area contributed by atoms with Gasteiger partial charge in [0.1, 0.15) is 5.88 Å². The smallest absolute Gasteiger partial charge is 0.318 e. The number of nitrogens with zero attached hydrogens (tertiary/aromatic N) is 1. The molecule has 0 aliphatic rings. The molecule has 3 nitrogen and oxygen atoms in total. The van der Waals surface area contributed by atoms with Crippen molar-refractivity contribution in [1.82, 2.24) is 4.67 Å². The van der Waals surface area contributed by atoms with Crippen LogP contribution in [0.3, 0.4) is 0 Å². The van der Waals surface area contributed by atoms with Crippen molar-refractivity contribution in [3.63, 3.8) is 0 Å². The van der Waals surface area contributed by atoms with Crippen LogP contribution in [0.5, 0.6) is 0 Å². The Morgan fingerprint density at radius 1 is 1.31 bits per heavy atom. The summed E-state index contributed by atoms with van der Waals surface area (Å²) < 4.78 is 37.6. The van der Waals surface area contributed by atoms with E-state index in [1.165, 1.54) is 0 Å². The molecule has 0 amide bonds. The maximum absolute atomic E-state index is 13.1. The highest BCUT2D eigenvalue weighted by Crippen LogP contribution is 2.55. The molecule has 0 heterocycles. The van der Waals surface area contributed by atoms with Crippen LogP contribution in [0.15, 0.2) is 0 Å². The molecule has 98 valence electrons. The van der Waals surface area contributed by atoms with Crippen LogP contribution in [0.2, 0.25) is 0 Å². The van der Waals surface area contributed by atoms with Crippen LogP contribution < -0.4 is 0 Å². The molecular formula is C8H17ClF2NO2PS. The second-order valence-corrected chi connectivity index (χ2v) is 6.48. The zero-order valence-electron chi connectivity index (χ0n) is 9.58. The van der Waals surface area contributed by atoms with Gasteiger partial charge < -0.3 is 4.52 Å². The maximum atomic E-state index is 13.1. The molecule has 0 bridgehead atoms. The van der Waals surface area contributed by atoms with E-state index in [1.54, 1.807) is 11.6 Å². The molecule has 8 heteroatoms. The van der Waals surface area contributed by atoms with E-state index in [2.05, 4.69) is 4.52 Å². The lowest BCUT2D eigenvalue weighted by Crippen LogP contribution is -2.29. The van der Waals surface area contributed by atoms with Gasteiger partial charge in [0.25, 0.3) is 6.64 Å². The highest BCUT2D eigenvalue weighted by atomic mass is 35.5. The van der Waals surface area contributed by atoms with Crippen LogP contribution in [0.25, 0.3) is 0 Å². The van der Waals surface area contributed by atoms with Gasteiger partial charge in [0.05, 0.1) is 6.61 Å². The van der Waals surface area contributed by atoms with Crippen molar-refractivity contribution in [2.24, 2.45) is 0 Å². The first kappa shape index (κ1) is 16.7. The predicted molar refractivity (Wildman–Crippen MR) is 65.6 cm³/mol. The Morgan fingerprint density at radius 3 is 2.12 bits per heavy atom. The van der Waals surface area contributed by atoms with Gasteiger partial charge in [0, 0.05) is 13.1 Å². The van der Waals surface area contributed by atoms with Crippen LogP contribution in [0.1, 0.15) is 20.8 Å². The van der Waals surface area contributed by atoms with Gasteiger partial charge in [-0.1, -0.05) is 13.8 Å². The molecule has 0 N–H and O–H groups in total. The molecule has 1 unspecified atom stereocenters. The van der Waals surface area contributed by atoms with Crippen molar-refractivity contribution < 1.29 is 17.8 Å². The summed E-state index contributed by atoms with van der Waals surface area (Å²) in [4.78, 5) is 0. The molecule has 0 aliphatic heterocycles. The summed E-state index contributed by atoms with van der Waals surface area (Å²) in [7, 11) is 0. The Morgan fingerprint density at radius 2 is 1.81 bits per heavy atom. The Kier molecular flexibility index (Phi) is 7.49. The summed E-state index contributed by atoms with van der Waals surface area (Å²) >= 11 is 10.2. The summed E-state index contributed by atoms with van der Waals surface area (Å²) in [5.41, 5.74) is 0. The molecule has 0 aromatic carbocycles. The fourth-order valence-corrected chi connectivity index (χ4v) is 4.31. The Hall–Kier alpha value is 0.680. The third-order valence-electron chi connectivity index (χ3n) is 1.77. The molecule has 0 aliphatic carbocycles. The Labute approximate surface area is 105 Å². The first-order valence-corrected chi connectivity index (χ1v) is 8.12. The van der Waals surface area contributed by atoms with Crippen LogP contribution in [-0.2, 0) is 20.9 Å². The zero-order chi connectivity index (χ0) is 12.8. The van der Waals surface area contributed by atoms with Gasteiger partial charge >= 0.3 is 6.11 Å². The molecule has 0 aromatic rings. The van der Waals surface area contributed by atoms with E-state index in [-0.39, 0.29) is 6.61 Å². The topological polar surface area (TPSA) is 21.7 Å². The molecule has 0 fully saturated rings. The van der Waals surface area contributed by atoms with E-state index in [0.29, 0.717) is 13.1 Å². The predicted octanol–water partition coefficient (Wildman–Crippen LogP) is 3.44. The molecule has 0 saturated heterocycles. The van der Waals surface area contributed by atoms with E-state index in [0.717, 1.165) is 0 Å². The van der Waals surface area contributed by atoms with Crippen LogP contribution in [0.4, 0.5) is 8.78 Å². The van der Waals surface area contributed by atoms with Crippen LogP contribution in [0, 0.1) is 0 Å². The van der Waals surface area contributed by atoms with Gasteiger partial charge in [-0.15, -0.1) is 11.6 Å². The largest absolute Gasteiger partial charge is 0.375 e. The van der Waals surface area contributed by atoms with Gasteiger partial charge in [-0.2, -0.15) is 8.78 Å². The van der Waals surface area contributed by atoms with Gasteiger partial charge in [0.2, 0.25) is 0 Å². The van der Waals surface area contributed by atoms with Crippen molar-refractivity contribution in [1.29, 1.82) is 0 Å². The molecule has 0 spiro atoms. The van der Waals surface area contributed by atoms with Crippen molar-refractivity contribution >= 4 is 30.1 Å². The quantitative estimate of drug-likeness (QED) is 0.505. The van der Waals surface area contributed by atoms with Crippen molar-refractivity contribution in [3.05, 3.63) is 0 Å². The second kappa shape index (κ2) is 7.19. The normalized spacial score (nSPS) is 16.4. The van der Waals surface area contributed by atoms with E-state index >= 15 is 0 Å². The molecule has 1 atom stereocenters. The van der Waals surface area contributed by atoms with E-state index in [1.807, 2.05) is 13.8 Å². The molecule has 0 radical (unpaired) electrons. The number of halogens is 3. The number of hydrogen-bond acceptors (Lipinski definition) is 3. The summed E-state index contributed by atoms with van der Waals surface area (Å²) in [5, 5.41) is 0. The Balaban J connectivity index is 4.88. The fraction of sp³-hybridized carbons (Fsp3) is 1.00. The number of alkyl halides is 3. The van der Waals surface area contributed by atoms with Gasteiger partial charge in [-0.25, -0.2) is 4.67 Å². The summed E-state index contributed by atoms with van der Waals surface area (Å²) in [6.07, 6.45) is -3.45. The van der Waals surface area contributed by atoms with Crippen molar-refractivity contribution in [3.8, 4) is 0 Å². The van der Waals surface area contributed by atoms with Gasteiger partial charge in [-0.3, -0.25) is 4.52 Å². The SMILES string of the molecule is CCOP(=S)(OC(F)(F)CCl)N(CC)CC. The fourth-order valence-electron chi connectivity index (χ4n) is 1.09. The molecule has 0 rings (SSSR count). The van der Waals surface area contributed by atoms with E-state index in [9.17, 15) is 8.78 Å². The van der Waals surface area contributed by atoms with Gasteiger partial charge in [0.15, 0.2) is 0 Å². The van der Waals surface area contributed by atoms with E-state index in [4.69, 9.17) is 27.9 Å². The molecular weight excluding hydrogens is 279 g/mol. The lowest BCUT2D eigenvalue weighted by molar-refractivity contribution is -0.160. The Bertz CT molecular complexity index is 254. The summed E-state index contributed by atoms with van der Waals surface area (Å²) in [6, 6.07) is 0. The lowest BCUT2D eigenvalue weighted by Gasteiger charge is -2.33. The minimum Gasteiger partial charge on any atom is -0.318 e. The first-order chi connectivity index (χ1) is 7.35. The average Bonchev–Trinajstić information content (AvgIpc) is 2.18. The van der Waals surface area contributed by atoms with Crippen molar-refractivity contribution in [2.45, 2.75) is 26.9 Å². The first-order valence-electron chi connectivity index (χ1n) is 4.99. The maximum Gasteiger partial charge on any atom is 0.375 e. The number of rotatable bonds is 8. The summed E-state index contributed by atoms with van der Waals surface area (Å²) in [6.45, 7) is 3.39. The second-order valence-electron chi connectivity index (χ2n) is 2.89. The minimum atomic E-state index is -3.45. The van der Waals surface area contributed by atoms with Crippen molar-refractivity contribution in [2.75, 3.05) is 25.6 Å². The third kappa shape index (κ3) is 4.90. The molecule has 16 heavy (non-hydrogen) atoms. The zero-order valence-corrected chi connectivity index (χ0v) is 12.0. The van der Waals surface area contributed by atoms with E-state index < -0.39 is 18.6 Å². The van der Waals surface area contributed by atoms with Crippen LogP contribution in [-0.4, -0.2) is 36.4 Å². The highest BCUT2D eigenvalue weighted by Gasteiger charge is 2.39. The molecule has 0 aromatic heterocycles. The lowest BCUT2D eigenvalue weighted by atomic mass is 10.7.